The average Bonchev–Trinajstić information content (AvgIpc) is 3.22. The molecule has 4 heterocycles. The summed E-state index contributed by atoms with van der Waals surface area (Å²) < 4.78 is 18.7. The van der Waals surface area contributed by atoms with Gasteiger partial charge in [0.05, 0.1) is 5.41 Å². The molecule has 4 aliphatic heterocycles. The molecule has 4 saturated heterocycles. The predicted octanol–water partition coefficient (Wildman–Crippen LogP) is 1.52. The molecular formula is C28H40FN5O4. The number of carbonyl (C=O) groups is 3. The number of likely N-dealkylation sites (tertiary alicyclic amines) is 1. The zero-order valence-electron chi connectivity index (χ0n) is 22.3. The first-order valence-corrected chi connectivity index (χ1v) is 14.0. The maximum Gasteiger partial charge on any atom is 0.248 e. The Labute approximate surface area is 224 Å². The summed E-state index contributed by atoms with van der Waals surface area (Å²) in [5, 5.41) is 6.17. The van der Waals surface area contributed by atoms with Crippen LogP contribution < -0.4 is 15.5 Å². The van der Waals surface area contributed by atoms with Crippen molar-refractivity contribution in [2.24, 2.45) is 5.41 Å². The van der Waals surface area contributed by atoms with Gasteiger partial charge in [-0.15, -0.1) is 0 Å². The van der Waals surface area contributed by atoms with Crippen LogP contribution in [-0.2, 0) is 19.1 Å². The number of hydrogen-bond donors (Lipinski definition) is 2. The Balaban J connectivity index is 1.09. The molecule has 0 bridgehead atoms. The first-order valence-electron chi connectivity index (χ1n) is 14.0. The highest BCUT2D eigenvalue weighted by Gasteiger charge is 2.51. The number of amides is 3. The highest BCUT2D eigenvalue weighted by molar-refractivity contribution is 5.91. The molecule has 1 aromatic carbocycles. The third-order valence-corrected chi connectivity index (χ3v) is 8.99. The van der Waals surface area contributed by atoms with Crippen molar-refractivity contribution in [1.29, 1.82) is 0 Å². The number of rotatable bonds is 6. The molecule has 2 N–H and O–H groups in total. The molecule has 0 aliphatic carbocycles. The van der Waals surface area contributed by atoms with Crippen molar-refractivity contribution in [3.8, 4) is 0 Å². The minimum atomic E-state index is -0.893. The van der Waals surface area contributed by atoms with E-state index < -0.39 is 11.0 Å². The van der Waals surface area contributed by atoms with Gasteiger partial charge in [-0.1, -0.05) is 0 Å². The van der Waals surface area contributed by atoms with Gasteiger partial charge in [0.1, 0.15) is 11.4 Å². The van der Waals surface area contributed by atoms with Crippen LogP contribution >= 0.6 is 0 Å². The van der Waals surface area contributed by atoms with E-state index in [1.54, 1.807) is 0 Å². The van der Waals surface area contributed by atoms with Gasteiger partial charge in [0.2, 0.25) is 17.7 Å². The molecule has 4 aliphatic rings. The normalized spacial score (nSPS) is 25.3. The van der Waals surface area contributed by atoms with Gasteiger partial charge < -0.3 is 25.2 Å². The lowest BCUT2D eigenvalue weighted by molar-refractivity contribution is -0.149. The Morgan fingerprint density at radius 1 is 1.03 bits per heavy atom. The fourth-order valence-corrected chi connectivity index (χ4v) is 6.67. The van der Waals surface area contributed by atoms with E-state index >= 15 is 0 Å². The molecule has 0 saturated carbocycles. The Kier molecular flexibility index (Phi) is 7.90. The van der Waals surface area contributed by atoms with Crippen LogP contribution in [0.3, 0.4) is 0 Å². The van der Waals surface area contributed by atoms with Crippen LogP contribution in [-0.4, -0.2) is 98.1 Å². The Morgan fingerprint density at radius 2 is 1.68 bits per heavy atom. The maximum absolute atomic E-state index is 13.5. The van der Waals surface area contributed by atoms with E-state index in [2.05, 4.69) is 20.4 Å². The van der Waals surface area contributed by atoms with E-state index in [-0.39, 0.29) is 29.6 Å². The number of carbonyl (C=O) groups excluding carboxylic acids is 3. The Bertz CT molecular complexity index is 1010. The smallest absolute Gasteiger partial charge is 0.248 e. The van der Waals surface area contributed by atoms with Gasteiger partial charge in [-0.05, 0) is 49.9 Å². The van der Waals surface area contributed by atoms with Crippen molar-refractivity contribution in [3.05, 3.63) is 30.1 Å². The summed E-state index contributed by atoms with van der Waals surface area (Å²) in [6, 6.07) is 6.83. The molecule has 9 nitrogen and oxygen atoms in total. The molecular weight excluding hydrogens is 489 g/mol. The fraction of sp³-hybridized carbons (Fsp3) is 0.679. The number of ether oxygens (including phenoxy) is 1. The van der Waals surface area contributed by atoms with Gasteiger partial charge in [-0.25, -0.2) is 4.39 Å². The van der Waals surface area contributed by atoms with Gasteiger partial charge in [0.15, 0.2) is 0 Å². The second-order valence-corrected chi connectivity index (χ2v) is 11.4. The topological polar surface area (TPSA) is 94.2 Å². The third kappa shape index (κ3) is 5.66. The van der Waals surface area contributed by atoms with Crippen LogP contribution in [0, 0.1) is 11.2 Å². The van der Waals surface area contributed by atoms with Crippen LogP contribution in [0.15, 0.2) is 24.3 Å². The lowest BCUT2D eigenvalue weighted by Gasteiger charge is -2.44. The highest BCUT2D eigenvalue weighted by atomic mass is 19.1. The maximum atomic E-state index is 13.5. The van der Waals surface area contributed by atoms with Gasteiger partial charge in [-0.3, -0.25) is 19.3 Å². The zero-order valence-corrected chi connectivity index (χ0v) is 22.3. The average molecular weight is 530 g/mol. The Morgan fingerprint density at radius 3 is 2.32 bits per heavy atom. The number of nitrogens with one attached hydrogen (secondary N) is 2. The minimum Gasteiger partial charge on any atom is -0.381 e. The summed E-state index contributed by atoms with van der Waals surface area (Å²) in [4.78, 5) is 45.0. The summed E-state index contributed by atoms with van der Waals surface area (Å²) in [7, 11) is 0. The SMILES string of the molecule is CC(=O)NC1(C(=O)N2CCC3(CC2)C[C@H](CCN2CCN(c4ccc(F)cc4)CC2)NC3=O)CCOCC1. The number of halogens is 1. The van der Waals surface area contributed by atoms with Gasteiger partial charge in [0.25, 0.3) is 0 Å². The van der Waals surface area contributed by atoms with Gasteiger partial charge in [-0.2, -0.15) is 0 Å². The summed E-state index contributed by atoms with van der Waals surface area (Å²) >= 11 is 0. The van der Waals surface area contributed by atoms with Gasteiger partial charge >= 0.3 is 0 Å². The molecule has 3 amide bonds. The summed E-state index contributed by atoms with van der Waals surface area (Å²) in [5.74, 6) is -0.336. The van der Waals surface area contributed by atoms with E-state index in [1.807, 2.05) is 17.0 Å². The van der Waals surface area contributed by atoms with E-state index in [0.29, 0.717) is 52.0 Å². The molecule has 1 atom stereocenters. The standard InChI is InChI=1S/C28H40FN5O4/c1-21(35)31-28(9-18-38-19-10-28)26(37)34-12-7-27(8-13-34)20-23(30-25(27)36)6-11-32-14-16-33(17-15-32)24-4-2-22(29)3-5-24/h2-5,23H,6-20H2,1H3,(H,30,36)(H,31,35)/t23-/m0/s1. The molecule has 208 valence electrons. The molecule has 4 fully saturated rings. The van der Waals surface area contributed by atoms with E-state index in [4.69, 9.17) is 4.74 Å². The van der Waals surface area contributed by atoms with Gasteiger partial charge in [0, 0.05) is 90.5 Å². The molecule has 10 heteroatoms. The number of anilines is 1. The third-order valence-electron chi connectivity index (χ3n) is 8.99. The summed E-state index contributed by atoms with van der Waals surface area (Å²) in [6.07, 6.45) is 4.00. The van der Waals surface area contributed by atoms with Crippen LogP contribution in [0.4, 0.5) is 10.1 Å². The number of hydrogen-bond acceptors (Lipinski definition) is 6. The monoisotopic (exact) mass is 529 g/mol. The molecule has 0 unspecified atom stereocenters. The molecule has 1 aromatic rings. The largest absolute Gasteiger partial charge is 0.381 e. The van der Waals surface area contributed by atoms with Crippen molar-refractivity contribution in [2.75, 3.05) is 63.9 Å². The quantitative estimate of drug-likeness (QED) is 0.581. The predicted molar refractivity (Wildman–Crippen MR) is 141 cm³/mol. The lowest BCUT2D eigenvalue weighted by Crippen LogP contribution is -2.63. The number of benzene rings is 1. The lowest BCUT2D eigenvalue weighted by atomic mass is 9.75. The van der Waals surface area contributed by atoms with Crippen LogP contribution in [0.1, 0.15) is 45.4 Å². The van der Waals surface area contributed by atoms with E-state index in [9.17, 15) is 18.8 Å². The molecule has 1 spiro atoms. The fourth-order valence-electron chi connectivity index (χ4n) is 6.67. The minimum absolute atomic E-state index is 0.0411. The van der Waals surface area contributed by atoms with Crippen molar-refractivity contribution < 1.29 is 23.5 Å². The van der Waals surface area contributed by atoms with Crippen molar-refractivity contribution in [1.82, 2.24) is 20.4 Å². The molecule has 5 rings (SSSR count). The van der Waals surface area contributed by atoms with Crippen LogP contribution in [0.5, 0.6) is 0 Å². The molecule has 0 aromatic heterocycles. The summed E-state index contributed by atoms with van der Waals surface area (Å²) in [5.41, 5.74) is -0.240. The second-order valence-electron chi connectivity index (χ2n) is 11.4. The number of nitrogens with zero attached hydrogens (tertiary/aromatic N) is 3. The van der Waals surface area contributed by atoms with E-state index in [0.717, 1.165) is 51.3 Å². The molecule has 0 radical (unpaired) electrons. The zero-order chi connectivity index (χ0) is 26.8. The number of piperidine rings is 1. The van der Waals surface area contributed by atoms with Crippen LogP contribution in [0.25, 0.3) is 0 Å². The van der Waals surface area contributed by atoms with Crippen molar-refractivity contribution >= 4 is 23.4 Å². The van der Waals surface area contributed by atoms with Crippen molar-refractivity contribution in [3.63, 3.8) is 0 Å². The first kappa shape index (κ1) is 26.9. The van der Waals surface area contributed by atoms with Crippen LogP contribution in [0.2, 0.25) is 0 Å². The molecule has 38 heavy (non-hydrogen) atoms. The number of piperazine rings is 1. The second kappa shape index (κ2) is 11.2. The van der Waals surface area contributed by atoms with Crippen molar-refractivity contribution in [2.45, 2.75) is 57.0 Å². The first-order chi connectivity index (χ1) is 18.3. The Hall–Kier alpha value is -2.72. The van der Waals surface area contributed by atoms with E-state index in [1.165, 1.54) is 19.1 Å². The summed E-state index contributed by atoms with van der Waals surface area (Å²) in [6.45, 7) is 8.06. The highest BCUT2D eigenvalue weighted by Crippen LogP contribution is 2.42.